The summed E-state index contributed by atoms with van der Waals surface area (Å²) >= 11 is 5.97. The average molecular weight is 248 g/mol. The van der Waals surface area contributed by atoms with Crippen molar-refractivity contribution in [3.63, 3.8) is 0 Å². The highest BCUT2D eigenvalue weighted by atomic mass is 35.5. The van der Waals surface area contributed by atoms with Gasteiger partial charge in [0.05, 0.1) is 4.90 Å². The van der Waals surface area contributed by atoms with Crippen molar-refractivity contribution in [2.24, 2.45) is 5.73 Å². The van der Waals surface area contributed by atoms with E-state index in [9.17, 15) is 8.42 Å². The summed E-state index contributed by atoms with van der Waals surface area (Å²) in [4.78, 5) is 0.309. The molecule has 0 spiro atoms. The van der Waals surface area contributed by atoms with Crippen LogP contribution in [0.4, 0.5) is 0 Å². The maximum absolute atomic E-state index is 11.5. The van der Waals surface area contributed by atoms with E-state index in [-0.39, 0.29) is 0 Å². The third kappa shape index (κ3) is 3.19. The molecule has 0 aromatic heterocycles. The summed E-state index contributed by atoms with van der Waals surface area (Å²) in [7, 11) is -3.21. The number of benzene rings is 1. The Labute approximate surface area is 95.2 Å². The number of nitrogens with two attached hydrogens (primary N) is 1. The first-order chi connectivity index (χ1) is 6.96. The van der Waals surface area contributed by atoms with Gasteiger partial charge in [-0.3, -0.25) is 0 Å². The minimum Gasteiger partial charge on any atom is -0.330 e. The Morgan fingerprint density at radius 1 is 1.40 bits per heavy atom. The Balaban J connectivity index is 3.21. The number of halogens is 1. The quantitative estimate of drug-likeness (QED) is 0.880. The van der Waals surface area contributed by atoms with Crippen LogP contribution in [0, 0.1) is 0 Å². The van der Waals surface area contributed by atoms with E-state index < -0.39 is 9.84 Å². The van der Waals surface area contributed by atoms with Crippen molar-refractivity contribution in [2.45, 2.75) is 17.7 Å². The standard InChI is InChI=1S/C10H14ClNO2S/c1-15(13,14)10-6-2-5-9(11)8(10)4-3-7-12/h2,5-6H,3-4,7,12H2,1H3. The van der Waals surface area contributed by atoms with Crippen LogP contribution in [-0.2, 0) is 16.3 Å². The summed E-state index contributed by atoms with van der Waals surface area (Å²) < 4.78 is 23.0. The molecule has 0 heterocycles. The molecule has 0 radical (unpaired) electrons. The highest BCUT2D eigenvalue weighted by Gasteiger charge is 2.14. The van der Waals surface area contributed by atoms with Gasteiger partial charge in [-0.2, -0.15) is 0 Å². The lowest BCUT2D eigenvalue weighted by Gasteiger charge is -2.09. The SMILES string of the molecule is CS(=O)(=O)c1cccc(Cl)c1CCCN. The van der Waals surface area contributed by atoms with Gasteiger partial charge in [0.15, 0.2) is 9.84 Å². The first-order valence-electron chi connectivity index (χ1n) is 4.64. The van der Waals surface area contributed by atoms with Gasteiger partial charge in [-0.05, 0) is 37.1 Å². The van der Waals surface area contributed by atoms with Crippen molar-refractivity contribution >= 4 is 21.4 Å². The van der Waals surface area contributed by atoms with Gasteiger partial charge in [-0.15, -0.1) is 0 Å². The van der Waals surface area contributed by atoms with Crippen molar-refractivity contribution in [1.29, 1.82) is 0 Å². The minimum absolute atomic E-state index is 0.309. The van der Waals surface area contributed by atoms with Gasteiger partial charge in [0.1, 0.15) is 0 Å². The highest BCUT2D eigenvalue weighted by molar-refractivity contribution is 7.90. The first-order valence-corrected chi connectivity index (χ1v) is 6.91. The van der Waals surface area contributed by atoms with Gasteiger partial charge >= 0.3 is 0 Å². The molecule has 0 aliphatic heterocycles. The van der Waals surface area contributed by atoms with Gasteiger partial charge in [-0.1, -0.05) is 17.7 Å². The van der Waals surface area contributed by atoms with E-state index in [2.05, 4.69) is 0 Å². The van der Waals surface area contributed by atoms with E-state index in [1.165, 1.54) is 6.26 Å². The van der Waals surface area contributed by atoms with Gasteiger partial charge in [0, 0.05) is 11.3 Å². The van der Waals surface area contributed by atoms with Crippen LogP contribution < -0.4 is 5.73 Å². The predicted octanol–water partition coefficient (Wildman–Crippen LogP) is 1.63. The van der Waals surface area contributed by atoms with E-state index in [0.29, 0.717) is 28.4 Å². The Kier molecular flexibility index (Phi) is 4.13. The fourth-order valence-electron chi connectivity index (χ4n) is 1.41. The summed E-state index contributed by atoms with van der Waals surface area (Å²) in [5, 5.41) is 0.492. The summed E-state index contributed by atoms with van der Waals surface area (Å²) in [6.45, 7) is 0.522. The molecule has 2 N–H and O–H groups in total. The Morgan fingerprint density at radius 3 is 2.60 bits per heavy atom. The van der Waals surface area contributed by atoms with Crippen LogP contribution in [0.15, 0.2) is 23.1 Å². The van der Waals surface area contributed by atoms with Gasteiger partial charge in [0.25, 0.3) is 0 Å². The zero-order valence-corrected chi connectivity index (χ0v) is 10.1. The Hall–Kier alpha value is -0.580. The van der Waals surface area contributed by atoms with Crippen molar-refractivity contribution in [1.82, 2.24) is 0 Å². The van der Waals surface area contributed by atoms with Gasteiger partial charge in [-0.25, -0.2) is 8.42 Å². The largest absolute Gasteiger partial charge is 0.330 e. The van der Waals surface area contributed by atoms with Gasteiger partial charge < -0.3 is 5.73 Å². The summed E-state index contributed by atoms with van der Waals surface area (Å²) in [5.74, 6) is 0. The minimum atomic E-state index is -3.21. The molecule has 0 bridgehead atoms. The van der Waals surface area contributed by atoms with Crippen molar-refractivity contribution in [2.75, 3.05) is 12.8 Å². The molecular weight excluding hydrogens is 234 g/mol. The molecule has 1 rings (SSSR count). The molecule has 0 saturated heterocycles. The third-order valence-electron chi connectivity index (χ3n) is 2.11. The van der Waals surface area contributed by atoms with E-state index in [1.54, 1.807) is 18.2 Å². The molecule has 0 aliphatic rings. The van der Waals surface area contributed by atoms with Crippen LogP contribution in [0.3, 0.4) is 0 Å². The smallest absolute Gasteiger partial charge is 0.175 e. The number of sulfone groups is 1. The highest BCUT2D eigenvalue weighted by Crippen LogP contribution is 2.25. The molecule has 3 nitrogen and oxygen atoms in total. The van der Waals surface area contributed by atoms with Crippen LogP contribution in [0.5, 0.6) is 0 Å². The van der Waals surface area contributed by atoms with E-state index >= 15 is 0 Å². The zero-order valence-electron chi connectivity index (χ0n) is 8.53. The topological polar surface area (TPSA) is 60.2 Å². The molecule has 15 heavy (non-hydrogen) atoms. The molecule has 0 saturated carbocycles. The second-order valence-electron chi connectivity index (χ2n) is 3.38. The van der Waals surface area contributed by atoms with Crippen LogP contribution >= 0.6 is 11.6 Å². The Bertz CT molecular complexity index is 443. The second kappa shape index (κ2) is 4.96. The monoisotopic (exact) mass is 247 g/mol. The normalized spacial score (nSPS) is 11.7. The second-order valence-corrected chi connectivity index (χ2v) is 5.77. The molecule has 84 valence electrons. The molecule has 5 heteroatoms. The van der Waals surface area contributed by atoms with Crippen LogP contribution in [0.2, 0.25) is 5.02 Å². The average Bonchev–Trinajstić information content (AvgIpc) is 2.14. The van der Waals surface area contributed by atoms with Crippen molar-refractivity contribution < 1.29 is 8.42 Å². The fourth-order valence-corrected chi connectivity index (χ4v) is 2.72. The number of hydrogen-bond acceptors (Lipinski definition) is 3. The predicted molar refractivity (Wildman–Crippen MR) is 61.9 cm³/mol. The fraction of sp³-hybridized carbons (Fsp3) is 0.400. The third-order valence-corrected chi connectivity index (χ3v) is 3.64. The van der Waals surface area contributed by atoms with E-state index in [0.717, 1.165) is 6.42 Å². The molecular formula is C10H14ClNO2S. The Morgan fingerprint density at radius 2 is 2.07 bits per heavy atom. The lowest BCUT2D eigenvalue weighted by atomic mass is 10.1. The van der Waals surface area contributed by atoms with Crippen LogP contribution in [-0.4, -0.2) is 21.2 Å². The summed E-state index contributed by atoms with van der Waals surface area (Å²) in [6, 6.07) is 4.92. The molecule has 0 atom stereocenters. The van der Waals surface area contributed by atoms with Crippen LogP contribution in [0.25, 0.3) is 0 Å². The molecule has 1 aromatic rings. The van der Waals surface area contributed by atoms with Crippen LogP contribution in [0.1, 0.15) is 12.0 Å². The van der Waals surface area contributed by atoms with Gasteiger partial charge in [0.2, 0.25) is 0 Å². The van der Waals surface area contributed by atoms with E-state index in [4.69, 9.17) is 17.3 Å². The summed E-state index contributed by atoms with van der Waals surface area (Å²) in [6.07, 6.45) is 2.51. The summed E-state index contributed by atoms with van der Waals surface area (Å²) in [5.41, 5.74) is 6.07. The van der Waals surface area contributed by atoms with Crippen molar-refractivity contribution in [3.8, 4) is 0 Å². The number of hydrogen-bond donors (Lipinski definition) is 1. The molecule has 0 fully saturated rings. The zero-order chi connectivity index (χ0) is 11.5. The maximum Gasteiger partial charge on any atom is 0.175 e. The molecule has 0 amide bonds. The van der Waals surface area contributed by atoms with Crippen molar-refractivity contribution in [3.05, 3.63) is 28.8 Å². The van der Waals surface area contributed by atoms with E-state index in [1.807, 2.05) is 0 Å². The lowest BCUT2D eigenvalue weighted by molar-refractivity contribution is 0.600. The molecule has 0 aliphatic carbocycles. The lowest BCUT2D eigenvalue weighted by Crippen LogP contribution is -2.06. The molecule has 1 aromatic carbocycles. The first kappa shape index (κ1) is 12.5. The number of rotatable bonds is 4. The molecule has 0 unspecified atom stereocenters. The maximum atomic E-state index is 11.5.